The second kappa shape index (κ2) is 15.0. The molecule has 41 heavy (non-hydrogen) atoms. The summed E-state index contributed by atoms with van der Waals surface area (Å²) in [6, 6.07) is 27.4. The molecule has 1 aliphatic rings. The summed E-state index contributed by atoms with van der Waals surface area (Å²) in [6.45, 7) is 3.53. The Labute approximate surface area is 243 Å². The first-order valence-electron chi connectivity index (χ1n) is 14.5. The van der Waals surface area contributed by atoms with E-state index in [-0.39, 0.29) is 18.2 Å². The first-order chi connectivity index (χ1) is 19.9. The summed E-state index contributed by atoms with van der Waals surface area (Å²) in [5.74, 6) is 0.126. The Kier molecular flexibility index (Phi) is 10.9. The van der Waals surface area contributed by atoms with Crippen molar-refractivity contribution < 1.29 is 19.1 Å². The highest BCUT2D eigenvalue weighted by atomic mass is 16.5. The van der Waals surface area contributed by atoms with E-state index < -0.39 is 17.9 Å². The van der Waals surface area contributed by atoms with Gasteiger partial charge >= 0.3 is 0 Å². The number of carbonyl (C=O) groups is 3. The highest BCUT2D eigenvalue weighted by Crippen LogP contribution is 2.23. The lowest BCUT2D eigenvalue weighted by Crippen LogP contribution is -2.51. The Hall–Kier alpha value is -4.13. The van der Waals surface area contributed by atoms with Crippen LogP contribution in [0.4, 0.5) is 0 Å². The molecule has 4 rings (SSSR count). The van der Waals surface area contributed by atoms with Crippen molar-refractivity contribution in [1.82, 2.24) is 10.2 Å². The number of primary amides is 1. The third-order valence-electron chi connectivity index (χ3n) is 7.83. The maximum Gasteiger partial charge on any atom is 0.245 e. The van der Waals surface area contributed by atoms with Crippen molar-refractivity contribution in [1.29, 1.82) is 0 Å². The average molecular weight is 556 g/mol. The minimum Gasteiger partial charge on any atom is -0.489 e. The van der Waals surface area contributed by atoms with E-state index in [1.54, 1.807) is 6.92 Å². The van der Waals surface area contributed by atoms with Crippen molar-refractivity contribution in [3.05, 3.63) is 102 Å². The van der Waals surface area contributed by atoms with Gasteiger partial charge in [0.1, 0.15) is 18.4 Å². The number of likely N-dealkylation sites (tertiary alicyclic amines) is 1. The van der Waals surface area contributed by atoms with Gasteiger partial charge in [-0.1, -0.05) is 79.7 Å². The van der Waals surface area contributed by atoms with Crippen molar-refractivity contribution in [2.45, 2.75) is 58.1 Å². The van der Waals surface area contributed by atoms with Crippen LogP contribution in [0.1, 0.15) is 49.3 Å². The molecule has 0 spiro atoms. The molecule has 3 amide bonds. The van der Waals surface area contributed by atoms with Gasteiger partial charge < -0.3 is 20.7 Å². The molecular formula is C34H41N3O4. The second-order valence-electron chi connectivity index (χ2n) is 11.0. The van der Waals surface area contributed by atoms with Crippen LogP contribution in [-0.2, 0) is 33.8 Å². The molecule has 1 heterocycles. The number of nitrogens with zero attached hydrogens (tertiary/aromatic N) is 1. The molecule has 1 saturated heterocycles. The molecule has 2 unspecified atom stereocenters. The molecule has 7 heteroatoms. The lowest BCUT2D eigenvalue weighted by atomic mass is 9.89. The summed E-state index contributed by atoms with van der Waals surface area (Å²) in [5, 5.41) is 2.96. The van der Waals surface area contributed by atoms with Crippen LogP contribution in [0.15, 0.2) is 84.9 Å². The Bertz CT molecular complexity index is 1260. The van der Waals surface area contributed by atoms with Gasteiger partial charge in [0.25, 0.3) is 0 Å². The van der Waals surface area contributed by atoms with Crippen molar-refractivity contribution in [2.75, 3.05) is 13.1 Å². The molecule has 1 fully saturated rings. The van der Waals surface area contributed by atoms with E-state index in [1.165, 1.54) is 5.56 Å². The molecule has 0 bridgehead atoms. The second-order valence-corrected chi connectivity index (χ2v) is 11.0. The summed E-state index contributed by atoms with van der Waals surface area (Å²) >= 11 is 0. The van der Waals surface area contributed by atoms with Gasteiger partial charge in [0.2, 0.25) is 17.7 Å². The van der Waals surface area contributed by atoms with Gasteiger partial charge in [0, 0.05) is 31.8 Å². The van der Waals surface area contributed by atoms with E-state index in [0.29, 0.717) is 38.5 Å². The number of nitrogens with two attached hydrogens (primary N) is 1. The number of piperidine rings is 1. The number of hydrogen-bond donors (Lipinski definition) is 2. The molecule has 0 aliphatic carbocycles. The quantitative estimate of drug-likeness (QED) is 0.320. The Morgan fingerprint density at radius 2 is 1.49 bits per heavy atom. The maximum absolute atomic E-state index is 13.7. The monoisotopic (exact) mass is 555 g/mol. The largest absolute Gasteiger partial charge is 0.489 e. The number of carbonyl (C=O) groups excluding carboxylic acids is 3. The number of rotatable bonds is 13. The fraction of sp³-hybridized carbons (Fsp3) is 0.382. The number of nitrogens with one attached hydrogen (secondary N) is 1. The van der Waals surface area contributed by atoms with Crippen molar-refractivity contribution in [2.24, 2.45) is 17.6 Å². The zero-order valence-corrected chi connectivity index (χ0v) is 23.8. The maximum atomic E-state index is 13.7. The number of hydrogen-bond acceptors (Lipinski definition) is 4. The summed E-state index contributed by atoms with van der Waals surface area (Å²) in [4.78, 5) is 39.8. The van der Waals surface area contributed by atoms with Crippen LogP contribution in [0.2, 0.25) is 0 Å². The van der Waals surface area contributed by atoms with E-state index in [0.717, 1.165) is 36.1 Å². The molecule has 0 radical (unpaired) electrons. The van der Waals surface area contributed by atoms with Gasteiger partial charge in [0.15, 0.2) is 0 Å². The number of amides is 3. The topological polar surface area (TPSA) is 102 Å². The standard InChI is InChI=1S/C34H41N3O4/c1-25(33(35)39)12-17-32(38)36-31(23-27-13-15-30(16-14-27)41-24-29-10-6-3-7-11-29)34(40)37-20-18-28(19-21-37)22-26-8-4-2-5-9-26/h2-11,13-16,25,28,31H,12,17-24H2,1H3,(H2,35,39)(H,36,38). The van der Waals surface area contributed by atoms with E-state index >= 15 is 0 Å². The van der Waals surface area contributed by atoms with Crippen molar-refractivity contribution in [3.63, 3.8) is 0 Å². The molecule has 7 nitrogen and oxygen atoms in total. The van der Waals surface area contributed by atoms with Gasteiger partial charge in [-0.15, -0.1) is 0 Å². The van der Waals surface area contributed by atoms with E-state index in [9.17, 15) is 14.4 Å². The first kappa shape index (κ1) is 29.8. The highest BCUT2D eigenvalue weighted by molar-refractivity contribution is 5.88. The minimum absolute atomic E-state index is 0.0659. The lowest BCUT2D eigenvalue weighted by Gasteiger charge is -2.34. The van der Waals surface area contributed by atoms with Crippen molar-refractivity contribution >= 4 is 17.7 Å². The van der Waals surface area contributed by atoms with Gasteiger partial charge in [-0.3, -0.25) is 14.4 Å². The average Bonchev–Trinajstić information content (AvgIpc) is 3.00. The highest BCUT2D eigenvalue weighted by Gasteiger charge is 2.30. The summed E-state index contributed by atoms with van der Waals surface area (Å²) in [7, 11) is 0. The van der Waals surface area contributed by atoms with Crippen LogP contribution in [0.5, 0.6) is 5.75 Å². The molecule has 3 aromatic rings. The smallest absolute Gasteiger partial charge is 0.245 e. The van der Waals surface area contributed by atoms with Crippen LogP contribution in [0.25, 0.3) is 0 Å². The van der Waals surface area contributed by atoms with Gasteiger partial charge in [-0.05, 0) is 60.4 Å². The normalized spacial score (nSPS) is 15.1. The fourth-order valence-corrected chi connectivity index (χ4v) is 5.18. The molecule has 0 saturated carbocycles. The number of benzene rings is 3. The summed E-state index contributed by atoms with van der Waals surface area (Å²) in [6.07, 6.45) is 3.74. The van der Waals surface area contributed by atoms with Crippen LogP contribution >= 0.6 is 0 Å². The summed E-state index contributed by atoms with van der Waals surface area (Å²) < 4.78 is 5.90. The van der Waals surface area contributed by atoms with Crippen LogP contribution in [-0.4, -0.2) is 41.8 Å². The van der Waals surface area contributed by atoms with E-state index in [1.807, 2.05) is 65.6 Å². The summed E-state index contributed by atoms with van der Waals surface area (Å²) in [5.41, 5.74) is 8.70. The molecule has 216 valence electrons. The molecular weight excluding hydrogens is 514 g/mol. The van der Waals surface area contributed by atoms with Gasteiger partial charge in [0.05, 0.1) is 0 Å². The van der Waals surface area contributed by atoms with E-state index in [4.69, 9.17) is 10.5 Å². The number of ether oxygens (including phenoxy) is 1. The molecule has 1 aliphatic heterocycles. The zero-order chi connectivity index (χ0) is 29.0. The van der Waals surface area contributed by atoms with Gasteiger partial charge in [-0.25, -0.2) is 0 Å². The Morgan fingerprint density at radius 3 is 2.10 bits per heavy atom. The van der Waals surface area contributed by atoms with Crippen LogP contribution in [0, 0.1) is 11.8 Å². The zero-order valence-electron chi connectivity index (χ0n) is 23.8. The predicted molar refractivity (Wildman–Crippen MR) is 160 cm³/mol. The Morgan fingerprint density at radius 1 is 0.878 bits per heavy atom. The minimum atomic E-state index is -0.687. The van der Waals surface area contributed by atoms with Crippen LogP contribution < -0.4 is 15.8 Å². The van der Waals surface area contributed by atoms with Gasteiger partial charge in [-0.2, -0.15) is 0 Å². The molecule has 2 atom stereocenters. The predicted octanol–water partition coefficient (Wildman–Crippen LogP) is 4.68. The third-order valence-corrected chi connectivity index (χ3v) is 7.83. The SMILES string of the molecule is CC(CCC(=O)NC(Cc1ccc(OCc2ccccc2)cc1)C(=O)N1CCC(Cc2ccccc2)CC1)C(N)=O. The first-order valence-corrected chi connectivity index (χ1v) is 14.5. The van der Waals surface area contributed by atoms with Crippen molar-refractivity contribution in [3.8, 4) is 5.75 Å². The lowest BCUT2D eigenvalue weighted by molar-refractivity contribution is -0.137. The third kappa shape index (κ3) is 9.48. The fourth-order valence-electron chi connectivity index (χ4n) is 5.18. The van der Waals surface area contributed by atoms with Crippen LogP contribution in [0.3, 0.4) is 0 Å². The van der Waals surface area contributed by atoms with E-state index in [2.05, 4.69) is 29.6 Å². The molecule has 3 aromatic carbocycles. The molecule has 3 N–H and O–H groups in total. The Balaban J connectivity index is 1.37. The molecule has 0 aromatic heterocycles.